The number of hydrogen-bond donors (Lipinski definition) is 0. The van der Waals surface area contributed by atoms with E-state index in [0.29, 0.717) is 13.2 Å². The summed E-state index contributed by atoms with van der Waals surface area (Å²) < 4.78 is 16.3. The molecule has 0 unspecified atom stereocenters. The normalized spacial score (nSPS) is 29.3. The molecule has 4 nitrogen and oxygen atoms in total. The topological polar surface area (TPSA) is 44.8 Å². The van der Waals surface area contributed by atoms with Crippen LogP contribution in [0.3, 0.4) is 0 Å². The highest BCUT2D eigenvalue weighted by atomic mass is 16.7. The maximum Gasteiger partial charge on any atom is 0.302 e. The quantitative estimate of drug-likeness (QED) is 0.518. The van der Waals surface area contributed by atoms with Gasteiger partial charge in [-0.3, -0.25) is 4.79 Å². The number of carbonyl (C=O) groups excluding carboxylic acids is 1. The summed E-state index contributed by atoms with van der Waals surface area (Å²) in [5, 5.41) is 0. The van der Waals surface area contributed by atoms with Gasteiger partial charge < -0.3 is 14.2 Å². The molecule has 1 fully saturated rings. The van der Waals surface area contributed by atoms with Crippen LogP contribution in [-0.4, -0.2) is 31.1 Å². The fraction of sp³-hybridized carbons (Fsp3) is 0.917. The Bertz CT molecular complexity index is 229. The smallest absolute Gasteiger partial charge is 0.302 e. The monoisotopic (exact) mass is 230 g/mol. The van der Waals surface area contributed by atoms with Gasteiger partial charge in [-0.1, -0.05) is 19.8 Å². The molecule has 0 aromatic carbocycles. The number of esters is 1. The summed E-state index contributed by atoms with van der Waals surface area (Å²) in [7, 11) is 0. The third-order valence-corrected chi connectivity index (χ3v) is 2.70. The van der Waals surface area contributed by atoms with E-state index in [2.05, 4.69) is 6.92 Å². The maximum atomic E-state index is 10.7. The minimum atomic E-state index is -0.486. The molecular weight excluding hydrogens is 208 g/mol. The second kappa shape index (κ2) is 6.21. The van der Waals surface area contributed by atoms with Crippen LogP contribution >= 0.6 is 0 Å². The standard InChI is InChI=1S/C12H22O4/c1-4-5-6-7-12(3)15-9-11(16-12)8-14-10(2)13/h11H,4-9H2,1-3H3/t11-,12+/m1/s1. The van der Waals surface area contributed by atoms with Crippen LogP contribution in [0, 0.1) is 0 Å². The van der Waals surface area contributed by atoms with E-state index in [-0.39, 0.29) is 12.1 Å². The van der Waals surface area contributed by atoms with Gasteiger partial charge in [0.05, 0.1) is 6.61 Å². The summed E-state index contributed by atoms with van der Waals surface area (Å²) in [4.78, 5) is 10.7. The number of unbranched alkanes of at least 4 members (excludes halogenated alkanes) is 2. The molecule has 1 heterocycles. The van der Waals surface area contributed by atoms with E-state index in [1.54, 1.807) is 0 Å². The van der Waals surface area contributed by atoms with E-state index in [4.69, 9.17) is 14.2 Å². The Labute approximate surface area is 97.2 Å². The molecule has 1 rings (SSSR count). The van der Waals surface area contributed by atoms with E-state index >= 15 is 0 Å². The van der Waals surface area contributed by atoms with Crippen LogP contribution in [0.2, 0.25) is 0 Å². The van der Waals surface area contributed by atoms with E-state index in [9.17, 15) is 4.79 Å². The fourth-order valence-corrected chi connectivity index (χ4v) is 1.81. The van der Waals surface area contributed by atoms with Crippen molar-refractivity contribution < 1.29 is 19.0 Å². The van der Waals surface area contributed by atoms with Gasteiger partial charge in [0.15, 0.2) is 5.79 Å². The second-order valence-corrected chi connectivity index (χ2v) is 4.44. The van der Waals surface area contributed by atoms with Gasteiger partial charge in [0.25, 0.3) is 0 Å². The van der Waals surface area contributed by atoms with Crippen molar-refractivity contribution in [3.63, 3.8) is 0 Å². The fourth-order valence-electron chi connectivity index (χ4n) is 1.81. The van der Waals surface area contributed by atoms with Crippen molar-refractivity contribution >= 4 is 5.97 Å². The SMILES string of the molecule is CCCCC[C@@]1(C)OC[C@@H](COC(C)=O)O1. The predicted octanol–water partition coefficient (Wildman–Crippen LogP) is 2.26. The zero-order valence-electron chi connectivity index (χ0n) is 10.5. The van der Waals surface area contributed by atoms with Crippen LogP contribution in [-0.2, 0) is 19.0 Å². The molecule has 0 amide bonds. The van der Waals surface area contributed by atoms with Gasteiger partial charge in [0, 0.05) is 13.3 Å². The summed E-state index contributed by atoms with van der Waals surface area (Å²) in [6.07, 6.45) is 4.27. The Morgan fingerprint density at radius 2 is 2.25 bits per heavy atom. The van der Waals surface area contributed by atoms with Crippen molar-refractivity contribution in [3.8, 4) is 0 Å². The zero-order valence-corrected chi connectivity index (χ0v) is 10.5. The Morgan fingerprint density at radius 1 is 1.50 bits per heavy atom. The van der Waals surface area contributed by atoms with Crippen LogP contribution in [0.4, 0.5) is 0 Å². The van der Waals surface area contributed by atoms with Crippen LogP contribution in [0.5, 0.6) is 0 Å². The zero-order chi connectivity index (χ0) is 12.0. The summed E-state index contributed by atoms with van der Waals surface area (Å²) in [5.41, 5.74) is 0. The first-order valence-electron chi connectivity index (χ1n) is 6.01. The number of rotatable bonds is 6. The molecule has 94 valence electrons. The highest BCUT2D eigenvalue weighted by Gasteiger charge is 2.36. The summed E-state index contributed by atoms with van der Waals surface area (Å²) in [5.74, 6) is -0.761. The number of carbonyl (C=O) groups is 1. The second-order valence-electron chi connectivity index (χ2n) is 4.44. The molecule has 0 aromatic heterocycles. The van der Waals surface area contributed by atoms with Crippen molar-refractivity contribution in [1.29, 1.82) is 0 Å². The maximum absolute atomic E-state index is 10.7. The van der Waals surface area contributed by atoms with Crippen molar-refractivity contribution in [3.05, 3.63) is 0 Å². The number of ether oxygens (including phenoxy) is 3. The summed E-state index contributed by atoms with van der Waals surface area (Å²) >= 11 is 0. The molecule has 0 aromatic rings. The molecule has 16 heavy (non-hydrogen) atoms. The third kappa shape index (κ3) is 4.49. The van der Waals surface area contributed by atoms with Crippen molar-refractivity contribution in [1.82, 2.24) is 0 Å². The van der Waals surface area contributed by atoms with Crippen LogP contribution in [0.15, 0.2) is 0 Å². The van der Waals surface area contributed by atoms with E-state index in [1.165, 1.54) is 19.8 Å². The third-order valence-electron chi connectivity index (χ3n) is 2.70. The van der Waals surface area contributed by atoms with Gasteiger partial charge in [-0.05, 0) is 13.3 Å². The van der Waals surface area contributed by atoms with Gasteiger partial charge in [-0.15, -0.1) is 0 Å². The largest absolute Gasteiger partial charge is 0.463 e. The first-order valence-corrected chi connectivity index (χ1v) is 6.01. The first-order chi connectivity index (χ1) is 7.56. The molecule has 0 bridgehead atoms. The minimum Gasteiger partial charge on any atom is -0.463 e. The lowest BCUT2D eigenvalue weighted by Gasteiger charge is -2.23. The van der Waals surface area contributed by atoms with Crippen molar-refractivity contribution in [2.24, 2.45) is 0 Å². The van der Waals surface area contributed by atoms with Crippen molar-refractivity contribution in [2.75, 3.05) is 13.2 Å². The Kier molecular flexibility index (Phi) is 5.22. The van der Waals surface area contributed by atoms with E-state index in [0.717, 1.165) is 12.8 Å². The minimum absolute atomic E-state index is 0.115. The van der Waals surface area contributed by atoms with Crippen LogP contribution in [0.25, 0.3) is 0 Å². The molecule has 0 spiro atoms. The molecule has 0 N–H and O–H groups in total. The number of hydrogen-bond acceptors (Lipinski definition) is 4. The van der Waals surface area contributed by atoms with E-state index < -0.39 is 5.79 Å². The van der Waals surface area contributed by atoms with Crippen LogP contribution < -0.4 is 0 Å². The lowest BCUT2D eigenvalue weighted by atomic mass is 10.1. The van der Waals surface area contributed by atoms with Gasteiger partial charge >= 0.3 is 5.97 Å². The highest BCUT2D eigenvalue weighted by molar-refractivity contribution is 5.65. The molecule has 1 aliphatic rings. The van der Waals surface area contributed by atoms with Gasteiger partial charge in [0.2, 0.25) is 0 Å². The predicted molar refractivity (Wildman–Crippen MR) is 60.0 cm³/mol. The molecule has 1 aliphatic heterocycles. The Hall–Kier alpha value is -0.610. The van der Waals surface area contributed by atoms with Gasteiger partial charge in [0.1, 0.15) is 12.7 Å². The average molecular weight is 230 g/mol. The van der Waals surface area contributed by atoms with Crippen molar-refractivity contribution in [2.45, 2.75) is 58.3 Å². The van der Waals surface area contributed by atoms with E-state index in [1.807, 2.05) is 6.92 Å². The Balaban J connectivity index is 2.24. The van der Waals surface area contributed by atoms with Crippen LogP contribution in [0.1, 0.15) is 46.5 Å². The molecule has 4 heteroatoms. The molecular formula is C12H22O4. The molecule has 2 atom stereocenters. The average Bonchev–Trinajstić information content (AvgIpc) is 2.58. The molecule has 0 radical (unpaired) electrons. The molecule has 0 aliphatic carbocycles. The highest BCUT2D eigenvalue weighted by Crippen LogP contribution is 2.28. The van der Waals surface area contributed by atoms with Gasteiger partial charge in [-0.2, -0.15) is 0 Å². The molecule has 0 saturated carbocycles. The first kappa shape index (κ1) is 13.5. The van der Waals surface area contributed by atoms with Gasteiger partial charge in [-0.25, -0.2) is 0 Å². The molecule has 1 saturated heterocycles. The summed E-state index contributed by atoms with van der Waals surface area (Å²) in [6.45, 7) is 6.32. The lowest BCUT2D eigenvalue weighted by molar-refractivity contribution is -0.169. The lowest BCUT2D eigenvalue weighted by Crippen LogP contribution is -2.28. The Morgan fingerprint density at radius 3 is 2.88 bits per heavy atom. The summed E-state index contributed by atoms with van der Waals surface area (Å²) in [6, 6.07) is 0.